The van der Waals surface area contributed by atoms with Crippen LogP contribution in [-0.2, 0) is 22.3 Å². The van der Waals surface area contributed by atoms with Crippen LogP contribution in [0, 0.1) is 5.82 Å². The second-order valence-corrected chi connectivity index (χ2v) is 8.93. The van der Waals surface area contributed by atoms with Crippen LogP contribution in [0.2, 0.25) is 0 Å². The molecule has 0 aromatic heterocycles. The first-order valence-electron chi connectivity index (χ1n) is 8.74. The fourth-order valence-electron chi connectivity index (χ4n) is 2.27. The fraction of sp³-hybridized carbons (Fsp3) is 0.381. The van der Waals surface area contributed by atoms with Crippen molar-refractivity contribution < 1.29 is 13.3 Å². The average molecular weight is 376 g/mol. The molecule has 1 unspecified atom stereocenters. The summed E-state index contributed by atoms with van der Waals surface area (Å²) < 4.78 is 36.1. The molecule has 3 nitrogen and oxygen atoms in total. The van der Waals surface area contributed by atoms with Crippen LogP contribution >= 0.6 is 0 Å². The Balaban J connectivity index is 2.00. The van der Waals surface area contributed by atoms with Crippen LogP contribution in [0.3, 0.4) is 0 Å². The first-order valence-corrected chi connectivity index (χ1v) is 9.85. The number of hydrogen-bond acceptors (Lipinski definition) is 2. The lowest BCUT2D eigenvalue weighted by Gasteiger charge is -2.15. The smallest absolute Gasteiger partial charge is 0.145 e. The van der Waals surface area contributed by atoms with Gasteiger partial charge in [-0.3, -0.25) is 0 Å². The number of ether oxygens (including phenoxy) is 1. The zero-order valence-electron chi connectivity index (χ0n) is 15.6. The number of hydrogen-bond donors (Lipinski definition) is 0. The molecule has 0 heterocycles. The average Bonchev–Trinajstić information content (AvgIpc) is 2.61. The summed E-state index contributed by atoms with van der Waals surface area (Å²) >= 11 is 0. The van der Waals surface area contributed by atoms with Crippen molar-refractivity contribution in [3.8, 4) is 0 Å². The summed E-state index contributed by atoms with van der Waals surface area (Å²) in [4.78, 5) is 0. The van der Waals surface area contributed by atoms with E-state index in [1.807, 2.05) is 51.1 Å². The van der Waals surface area contributed by atoms with E-state index in [9.17, 15) is 8.60 Å². The highest BCUT2D eigenvalue weighted by Crippen LogP contribution is 2.18. The van der Waals surface area contributed by atoms with Gasteiger partial charge in [-0.2, -0.15) is 4.40 Å². The topological polar surface area (TPSA) is 38.7 Å². The highest BCUT2D eigenvalue weighted by atomic mass is 32.2. The molecule has 0 aliphatic heterocycles. The first-order chi connectivity index (χ1) is 12.4. The van der Waals surface area contributed by atoms with E-state index in [0.29, 0.717) is 37.3 Å². The van der Waals surface area contributed by atoms with Gasteiger partial charge in [0.2, 0.25) is 0 Å². The van der Waals surface area contributed by atoms with E-state index >= 15 is 0 Å². The highest BCUT2D eigenvalue weighted by Gasteiger charge is 2.21. The second-order valence-electron chi connectivity index (χ2n) is 7.02. The summed E-state index contributed by atoms with van der Waals surface area (Å²) in [5.41, 5.74) is 2.05. The molecule has 0 saturated carbocycles. The van der Waals surface area contributed by atoms with Crippen molar-refractivity contribution in [3.05, 3.63) is 71.5 Å². The van der Waals surface area contributed by atoms with E-state index in [1.54, 1.807) is 18.2 Å². The largest absolute Gasteiger partial charge is 0.377 e. The SMILES string of the molecule is CC(C)(C)S(=O)N=C(CCCOCc1ccccc1)c1ccccc1F. The van der Waals surface area contributed by atoms with E-state index in [-0.39, 0.29) is 5.82 Å². The van der Waals surface area contributed by atoms with Gasteiger partial charge in [0.1, 0.15) is 16.8 Å². The maximum atomic E-state index is 14.2. The Morgan fingerprint density at radius 2 is 1.73 bits per heavy atom. The molecule has 0 bridgehead atoms. The molecular formula is C21H26FNO2S. The molecule has 0 amide bonds. The monoisotopic (exact) mass is 375 g/mol. The number of benzene rings is 2. The van der Waals surface area contributed by atoms with Gasteiger partial charge in [0.05, 0.1) is 17.1 Å². The van der Waals surface area contributed by atoms with Crippen LogP contribution in [0.25, 0.3) is 0 Å². The normalized spacial score (nSPS) is 13.6. The van der Waals surface area contributed by atoms with Gasteiger partial charge in [0.25, 0.3) is 0 Å². The minimum atomic E-state index is -1.43. The predicted octanol–water partition coefficient (Wildman–Crippen LogP) is 5.07. The van der Waals surface area contributed by atoms with Gasteiger partial charge in [-0.15, -0.1) is 0 Å². The summed E-state index contributed by atoms with van der Waals surface area (Å²) in [5, 5.41) is 0. The van der Waals surface area contributed by atoms with Gasteiger partial charge in [-0.25, -0.2) is 8.60 Å². The molecule has 2 aromatic rings. The number of halogens is 1. The molecule has 0 spiro atoms. The van der Waals surface area contributed by atoms with Gasteiger partial charge < -0.3 is 4.74 Å². The van der Waals surface area contributed by atoms with Crippen molar-refractivity contribution in [2.45, 2.75) is 45.0 Å². The van der Waals surface area contributed by atoms with Gasteiger partial charge >= 0.3 is 0 Å². The quantitative estimate of drug-likeness (QED) is 0.477. The van der Waals surface area contributed by atoms with E-state index < -0.39 is 15.7 Å². The third kappa shape index (κ3) is 6.46. The third-order valence-electron chi connectivity index (χ3n) is 3.72. The van der Waals surface area contributed by atoms with E-state index in [4.69, 9.17) is 4.74 Å². The molecule has 26 heavy (non-hydrogen) atoms. The lowest BCUT2D eigenvalue weighted by atomic mass is 10.1. The van der Waals surface area contributed by atoms with Crippen molar-refractivity contribution in [2.24, 2.45) is 4.40 Å². The van der Waals surface area contributed by atoms with E-state index in [0.717, 1.165) is 5.56 Å². The van der Waals surface area contributed by atoms with Crippen molar-refractivity contribution >= 4 is 16.7 Å². The Kier molecular flexibility index (Phi) is 7.66. The zero-order chi connectivity index (χ0) is 19.0. The molecule has 0 radical (unpaired) electrons. The summed E-state index contributed by atoms with van der Waals surface area (Å²) in [7, 11) is -1.43. The molecule has 1 atom stereocenters. The van der Waals surface area contributed by atoms with E-state index in [2.05, 4.69) is 4.40 Å². The van der Waals surface area contributed by atoms with Crippen LogP contribution in [0.15, 0.2) is 59.0 Å². The van der Waals surface area contributed by atoms with Crippen LogP contribution in [0.5, 0.6) is 0 Å². The Morgan fingerprint density at radius 3 is 2.38 bits per heavy atom. The third-order valence-corrected chi connectivity index (χ3v) is 5.15. The lowest BCUT2D eigenvalue weighted by molar-refractivity contribution is 0.120. The fourth-order valence-corrected chi connectivity index (χ4v) is 2.93. The maximum Gasteiger partial charge on any atom is 0.145 e. The van der Waals surface area contributed by atoms with Crippen molar-refractivity contribution in [1.29, 1.82) is 0 Å². The van der Waals surface area contributed by atoms with Gasteiger partial charge in [-0.1, -0.05) is 48.5 Å². The predicted molar refractivity (Wildman–Crippen MR) is 106 cm³/mol. The Morgan fingerprint density at radius 1 is 1.08 bits per heavy atom. The van der Waals surface area contributed by atoms with Gasteiger partial charge in [0, 0.05) is 12.2 Å². The van der Waals surface area contributed by atoms with Crippen LogP contribution in [0.4, 0.5) is 4.39 Å². The summed E-state index contributed by atoms with van der Waals surface area (Å²) in [6.45, 7) is 6.64. The van der Waals surface area contributed by atoms with Crippen molar-refractivity contribution in [2.75, 3.05) is 6.61 Å². The maximum absolute atomic E-state index is 14.2. The van der Waals surface area contributed by atoms with Crippen molar-refractivity contribution in [3.63, 3.8) is 0 Å². The van der Waals surface area contributed by atoms with Gasteiger partial charge in [0.15, 0.2) is 0 Å². The minimum Gasteiger partial charge on any atom is -0.377 e. The molecule has 0 N–H and O–H groups in total. The van der Waals surface area contributed by atoms with E-state index in [1.165, 1.54) is 6.07 Å². The molecule has 2 aromatic carbocycles. The second kappa shape index (κ2) is 9.74. The first kappa shape index (κ1) is 20.5. The minimum absolute atomic E-state index is 0.345. The molecule has 5 heteroatoms. The molecule has 0 aliphatic rings. The van der Waals surface area contributed by atoms with Crippen molar-refractivity contribution in [1.82, 2.24) is 0 Å². The highest BCUT2D eigenvalue weighted by molar-refractivity contribution is 7.85. The van der Waals surface area contributed by atoms with Crippen LogP contribution in [-0.4, -0.2) is 21.3 Å². The molecular weight excluding hydrogens is 349 g/mol. The molecule has 0 aliphatic carbocycles. The summed E-state index contributed by atoms with van der Waals surface area (Å²) in [6.07, 6.45) is 1.19. The lowest BCUT2D eigenvalue weighted by Crippen LogP contribution is -2.21. The van der Waals surface area contributed by atoms with Gasteiger partial charge in [-0.05, 0) is 45.2 Å². The Hall–Kier alpha value is -1.85. The zero-order valence-corrected chi connectivity index (χ0v) is 16.4. The molecule has 140 valence electrons. The Labute approximate surface area is 157 Å². The standard InChI is InChI=1S/C21H26FNO2S/c1-21(2,3)26(24)23-20(18-12-7-8-13-19(18)22)14-9-15-25-16-17-10-5-4-6-11-17/h4-8,10-13H,9,14-16H2,1-3H3. The van der Waals surface area contributed by atoms with Crippen LogP contribution in [0.1, 0.15) is 44.7 Å². The van der Waals surface area contributed by atoms with Crippen LogP contribution < -0.4 is 0 Å². The molecule has 2 rings (SSSR count). The summed E-state index contributed by atoms with van der Waals surface area (Å²) in [6, 6.07) is 16.4. The molecule has 0 saturated heterocycles. The summed E-state index contributed by atoms with van der Waals surface area (Å²) in [5.74, 6) is -0.345. The number of nitrogens with zero attached hydrogens (tertiary/aromatic N) is 1. The number of rotatable bonds is 8. The Bertz CT molecular complexity index is 754. The molecule has 0 fully saturated rings.